The highest BCUT2D eigenvalue weighted by Crippen LogP contribution is 2.26. The van der Waals surface area contributed by atoms with E-state index in [-0.39, 0.29) is 6.10 Å². The van der Waals surface area contributed by atoms with Gasteiger partial charge in [0.05, 0.1) is 11.7 Å². The number of hydrogen-bond acceptors (Lipinski definition) is 2. The molecule has 0 fully saturated rings. The lowest BCUT2D eigenvalue weighted by Crippen LogP contribution is -2.40. The number of hydrogen-bond donors (Lipinski definition) is 1. The summed E-state index contributed by atoms with van der Waals surface area (Å²) in [6.07, 6.45) is 4.15. The zero-order chi connectivity index (χ0) is 12.5. The second kappa shape index (κ2) is 4.79. The van der Waals surface area contributed by atoms with Gasteiger partial charge in [-0.15, -0.1) is 0 Å². The van der Waals surface area contributed by atoms with Crippen molar-refractivity contribution in [1.82, 2.24) is 0 Å². The van der Waals surface area contributed by atoms with Gasteiger partial charge in [0.2, 0.25) is 0 Å². The van der Waals surface area contributed by atoms with Crippen LogP contribution in [0.5, 0.6) is 0 Å². The van der Waals surface area contributed by atoms with E-state index in [0.717, 1.165) is 0 Å². The second-order valence-electron chi connectivity index (χ2n) is 5.37. The Kier molecular flexibility index (Phi) is 3.55. The quantitative estimate of drug-likeness (QED) is 0.867. The fourth-order valence-electron chi connectivity index (χ4n) is 2.55. The van der Waals surface area contributed by atoms with Crippen LogP contribution in [0.2, 0.25) is 0 Å². The highest BCUT2D eigenvalue weighted by Gasteiger charge is 2.28. The van der Waals surface area contributed by atoms with Crippen LogP contribution in [0.1, 0.15) is 37.0 Å². The number of rotatable bonds is 4. The van der Waals surface area contributed by atoms with Crippen molar-refractivity contribution in [2.75, 3.05) is 7.11 Å². The third kappa shape index (κ3) is 2.70. The molecule has 2 rings (SSSR count). The predicted octanol–water partition coefficient (Wildman–Crippen LogP) is 2.50. The SMILES string of the molecule is COC(C)C(C)(O)Cc1ccc2c(c1)CCC2. The van der Waals surface area contributed by atoms with Crippen molar-refractivity contribution in [1.29, 1.82) is 0 Å². The van der Waals surface area contributed by atoms with Gasteiger partial charge in [0.25, 0.3) is 0 Å². The molecule has 17 heavy (non-hydrogen) atoms. The average Bonchev–Trinajstić information content (AvgIpc) is 2.74. The Balaban J connectivity index is 2.14. The summed E-state index contributed by atoms with van der Waals surface area (Å²) in [6.45, 7) is 3.75. The molecule has 0 heterocycles. The smallest absolute Gasteiger partial charge is 0.0917 e. The van der Waals surface area contributed by atoms with Crippen molar-refractivity contribution in [3.8, 4) is 0 Å². The Morgan fingerprint density at radius 1 is 1.35 bits per heavy atom. The topological polar surface area (TPSA) is 29.5 Å². The molecule has 1 N–H and O–H groups in total. The van der Waals surface area contributed by atoms with Gasteiger partial charge in [-0.05, 0) is 49.8 Å². The van der Waals surface area contributed by atoms with E-state index in [4.69, 9.17) is 4.74 Å². The van der Waals surface area contributed by atoms with Gasteiger partial charge in [0.15, 0.2) is 0 Å². The summed E-state index contributed by atoms with van der Waals surface area (Å²) >= 11 is 0. The lowest BCUT2D eigenvalue weighted by molar-refractivity contribution is -0.0715. The van der Waals surface area contributed by atoms with Crippen molar-refractivity contribution in [2.24, 2.45) is 0 Å². The fourth-order valence-corrected chi connectivity index (χ4v) is 2.55. The average molecular weight is 234 g/mol. The molecule has 1 aromatic rings. The zero-order valence-electron chi connectivity index (χ0n) is 11.0. The summed E-state index contributed by atoms with van der Waals surface area (Å²) in [5, 5.41) is 10.4. The van der Waals surface area contributed by atoms with Crippen LogP contribution in [-0.2, 0) is 24.0 Å². The molecule has 0 saturated carbocycles. The maximum absolute atomic E-state index is 10.4. The minimum Gasteiger partial charge on any atom is -0.387 e. The van der Waals surface area contributed by atoms with Crippen molar-refractivity contribution >= 4 is 0 Å². The largest absolute Gasteiger partial charge is 0.387 e. The van der Waals surface area contributed by atoms with Gasteiger partial charge in [-0.3, -0.25) is 0 Å². The second-order valence-corrected chi connectivity index (χ2v) is 5.37. The number of methoxy groups -OCH3 is 1. The third-order valence-electron chi connectivity index (χ3n) is 3.95. The molecular formula is C15H22O2. The van der Waals surface area contributed by atoms with Gasteiger partial charge in [-0.1, -0.05) is 18.2 Å². The molecule has 0 aromatic heterocycles. The van der Waals surface area contributed by atoms with Crippen LogP contribution in [0.25, 0.3) is 0 Å². The van der Waals surface area contributed by atoms with Crippen molar-refractivity contribution in [3.63, 3.8) is 0 Å². The molecule has 0 amide bonds. The molecule has 2 atom stereocenters. The Morgan fingerprint density at radius 3 is 2.76 bits per heavy atom. The predicted molar refractivity (Wildman–Crippen MR) is 69.3 cm³/mol. The molecule has 2 nitrogen and oxygen atoms in total. The highest BCUT2D eigenvalue weighted by atomic mass is 16.5. The van der Waals surface area contributed by atoms with Gasteiger partial charge >= 0.3 is 0 Å². The number of aryl methyl sites for hydroxylation is 2. The van der Waals surface area contributed by atoms with Crippen molar-refractivity contribution in [2.45, 2.75) is 51.2 Å². The van der Waals surface area contributed by atoms with E-state index >= 15 is 0 Å². The first-order valence-electron chi connectivity index (χ1n) is 6.39. The summed E-state index contributed by atoms with van der Waals surface area (Å²) < 4.78 is 5.23. The lowest BCUT2D eigenvalue weighted by atomic mass is 9.90. The van der Waals surface area contributed by atoms with E-state index in [9.17, 15) is 5.11 Å². The van der Waals surface area contributed by atoms with E-state index in [0.29, 0.717) is 6.42 Å². The van der Waals surface area contributed by atoms with Crippen molar-refractivity contribution < 1.29 is 9.84 Å². The number of benzene rings is 1. The Hall–Kier alpha value is -0.860. The van der Waals surface area contributed by atoms with E-state index < -0.39 is 5.60 Å². The Bertz CT molecular complexity index is 396. The molecule has 1 aromatic carbocycles. The van der Waals surface area contributed by atoms with Gasteiger partial charge in [0, 0.05) is 13.5 Å². The van der Waals surface area contributed by atoms with Crippen LogP contribution in [0.3, 0.4) is 0 Å². The Morgan fingerprint density at radius 2 is 2.06 bits per heavy atom. The van der Waals surface area contributed by atoms with Gasteiger partial charge < -0.3 is 9.84 Å². The van der Waals surface area contributed by atoms with Crippen LogP contribution in [0, 0.1) is 0 Å². The summed E-state index contributed by atoms with van der Waals surface area (Å²) in [5.74, 6) is 0. The van der Waals surface area contributed by atoms with Gasteiger partial charge in [-0.25, -0.2) is 0 Å². The minimum absolute atomic E-state index is 0.157. The van der Waals surface area contributed by atoms with Gasteiger partial charge in [0.1, 0.15) is 0 Å². The minimum atomic E-state index is -0.804. The summed E-state index contributed by atoms with van der Waals surface area (Å²) in [4.78, 5) is 0. The zero-order valence-corrected chi connectivity index (χ0v) is 11.0. The third-order valence-corrected chi connectivity index (χ3v) is 3.95. The number of aliphatic hydroxyl groups is 1. The Labute approximate surface area is 104 Å². The molecule has 0 radical (unpaired) electrons. The summed E-state index contributed by atoms with van der Waals surface area (Å²) in [7, 11) is 1.64. The molecule has 2 unspecified atom stereocenters. The molecule has 2 heteroatoms. The van der Waals surface area contributed by atoms with Crippen molar-refractivity contribution in [3.05, 3.63) is 34.9 Å². The van der Waals surface area contributed by atoms with E-state index in [1.807, 2.05) is 13.8 Å². The first-order valence-corrected chi connectivity index (χ1v) is 6.39. The highest BCUT2D eigenvalue weighted by molar-refractivity contribution is 5.35. The first-order chi connectivity index (χ1) is 8.03. The van der Waals surface area contributed by atoms with E-state index in [1.54, 1.807) is 7.11 Å². The maximum Gasteiger partial charge on any atom is 0.0917 e. The van der Waals surface area contributed by atoms with Gasteiger partial charge in [-0.2, -0.15) is 0 Å². The molecule has 0 aliphatic heterocycles. The monoisotopic (exact) mass is 234 g/mol. The van der Waals surface area contributed by atoms with E-state index in [2.05, 4.69) is 18.2 Å². The normalized spacial score (nSPS) is 19.8. The van der Waals surface area contributed by atoms with Crippen LogP contribution in [0.15, 0.2) is 18.2 Å². The summed E-state index contributed by atoms with van der Waals surface area (Å²) in [5.41, 5.74) is 3.35. The van der Waals surface area contributed by atoms with E-state index in [1.165, 1.54) is 36.0 Å². The first kappa shape index (κ1) is 12.6. The number of fused-ring (bicyclic) bond motifs is 1. The maximum atomic E-state index is 10.4. The molecule has 0 bridgehead atoms. The number of ether oxygens (including phenoxy) is 1. The molecule has 94 valence electrons. The van der Waals surface area contributed by atoms with Crippen LogP contribution in [-0.4, -0.2) is 23.9 Å². The van der Waals surface area contributed by atoms with Crippen LogP contribution in [0.4, 0.5) is 0 Å². The fraction of sp³-hybridized carbons (Fsp3) is 0.600. The molecule has 1 aliphatic rings. The molecular weight excluding hydrogens is 212 g/mol. The standard InChI is InChI=1S/C15H22O2/c1-11(17-3)15(2,16)10-12-7-8-13-5-4-6-14(13)9-12/h7-9,11,16H,4-6,10H2,1-3H3. The van der Waals surface area contributed by atoms with Crippen LogP contribution < -0.4 is 0 Å². The van der Waals surface area contributed by atoms with Crippen LogP contribution >= 0.6 is 0 Å². The lowest BCUT2D eigenvalue weighted by Gasteiger charge is -2.29. The summed E-state index contributed by atoms with van der Waals surface area (Å²) in [6, 6.07) is 6.60. The molecule has 0 spiro atoms. The molecule has 0 saturated heterocycles. The molecule has 1 aliphatic carbocycles.